The van der Waals surface area contributed by atoms with Gasteiger partial charge in [-0.15, -0.1) is 0 Å². The van der Waals surface area contributed by atoms with Crippen molar-refractivity contribution in [1.29, 1.82) is 0 Å². The second-order valence-corrected chi connectivity index (χ2v) is 8.38. The minimum Gasteiger partial charge on any atom is -0.409 e. The van der Waals surface area contributed by atoms with Crippen LogP contribution in [0.15, 0.2) is 5.16 Å². The molecule has 0 bridgehead atoms. The number of rotatable bonds is 4. The lowest BCUT2D eigenvalue weighted by atomic mass is 10.2. The SMILES string of the molecule is CS(=O)(=O)CS(=O)(=O)N1CCCC1C(N)=NO. The molecule has 0 amide bonds. The summed E-state index contributed by atoms with van der Waals surface area (Å²) >= 11 is 0. The Balaban J connectivity index is 2.99. The van der Waals surface area contributed by atoms with Gasteiger partial charge in [0.1, 0.15) is 0 Å². The van der Waals surface area contributed by atoms with Crippen LogP contribution in [0.1, 0.15) is 12.8 Å². The molecule has 1 aliphatic heterocycles. The van der Waals surface area contributed by atoms with Crippen molar-refractivity contribution >= 4 is 25.7 Å². The summed E-state index contributed by atoms with van der Waals surface area (Å²) in [5, 5.41) is 10.3. The molecule has 0 aromatic heterocycles. The van der Waals surface area contributed by atoms with Gasteiger partial charge < -0.3 is 10.9 Å². The monoisotopic (exact) mass is 285 g/mol. The van der Waals surface area contributed by atoms with E-state index in [9.17, 15) is 16.8 Å². The molecule has 1 aliphatic rings. The van der Waals surface area contributed by atoms with Crippen molar-refractivity contribution in [2.45, 2.75) is 18.9 Å². The third-order valence-electron chi connectivity index (χ3n) is 2.38. The van der Waals surface area contributed by atoms with Gasteiger partial charge in [-0.25, -0.2) is 16.8 Å². The maximum atomic E-state index is 11.8. The first-order chi connectivity index (χ1) is 7.67. The van der Waals surface area contributed by atoms with Crippen LogP contribution in [-0.2, 0) is 19.9 Å². The molecule has 1 rings (SSSR count). The van der Waals surface area contributed by atoms with E-state index >= 15 is 0 Å². The zero-order valence-electron chi connectivity index (χ0n) is 9.27. The zero-order valence-corrected chi connectivity index (χ0v) is 10.9. The van der Waals surface area contributed by atoms with Gasteiger partial charge in [-0.2, -0.15) is 4.31 Å². The molecule has 17 heavy (non-hydrogen) atoms. The normalized spacial score (nSPS) is 24.1. The maximum Gasteiger partial charge on any atom is 0.229 e. The summed E-state index contributed by atoms with van der Waals surface area (Å²) in [6.45, 7) is 0.179. The molecule has 1 saturated heterocycles. The maximum absolute atomic E-state index is 11.8. The molecule has 0 radical (unpaired) electrons. The zero-order chi connectivity index (χ0) is 13.3. The molecule has 0 spiro atoms. The van der Waals surface area contributed by atoms with Gasteiger partial charge in [-0.3, -0.25) is 0 Å². The van der Waals surface area contributed by atoms with Gasteiger partial charge in [-0.05, 0) is 12.8 Å². The van der Waals surface area contributed by atoms with Crippen LogP contribution in [0.5, 0.6) is 0 Å². The van der Waals surface area contributed by atoms with Gasteiger partial charge in [0.15, 0.2) is 20.8 Å². The van der Waals surface area contributed by atoms with E-state index in [1.54, 1.807) is 0 Å². The third kappa shape index (κ3) is 3.54. The first-order valence-electron chi connectivity index (χ1n) is 4.82. The number of sulfonamides is 1. The Hall–Kier alpha value is -0.870. The van der Waals surface area contributed by atoms with Gasteiger partial charge in [0.2, 0.25) is 10.0 Å². The van der Waals surface area contributed by atoms with Crippen LogP contribution in [0, 0.1) is 0 Å². The lowest BCUT2D eigenvalue weighted by molar-refractivity contribution is 0.311. The molecular formula is C7H15N3O5S2. The summed E-state index contributed by atoms with van der Waals surface area (Å²) in [4.78, 5) is 0. The molecule has 0 aromatic rings. The van der Waals surface area contributed by atoms with Crippen LogP contribution in [0.3, 0.4) is 0 Å². The molecule has 1 heterocycles. The summed E-state index contributed by atoms with van der Waals surface area (Å²) in [5.74, 6) is -0.223. The van der Waals surface area contributed by atoms with E-state index in [2.05, 4.69) is 5.16 Å². The average molecular weight is 285 g/mol. The fraction of sp³-hybridized carbons (Fsp3) is 0.857. The lowest BCUT2D eigenvalue weighted by Gasteiger charge is -2.22. The number of hydrogen-bond donors (Lipinski definition) is 2. The first kappa shape index (κ1) is 14.2. The van der Waals surface area contributed by atoms with Crippen LogP contribution in [0.4, 0.5) is 0 Å². The van der Waals surface area contributed by atoms with Crippen LogP contribution < -0.4 is 5.73 Å². The Morgan fingerprint density at radius 2 is 2.06 bits per heavy atom. The molecule has 1 unspecified atom stereocenters. The van der Waals surface area contributed by atoms with Crippen molar-refractivity contribution in [2.24, 2.45) is 10.9 Å². The summed E-state index contributed by atoms with van der Waals surface area (Å²) < 4.78 is 46.7. The van der Waals surface area contributed by atoms with Gasteiger partial charge in [0.05, 0.1) is 6.04 Å². The summed E-state index contributed by atoms with van der Waals surface area (Å²) in [6.07, 6.45) is 1.81. The van der Waals surface area contributed by atoms with E-state index in [0.717, 1.165) is 10.6 Å². The Labute approximate surface area is 100 Å². The average Bonchev–Trinajstić information content (AvgIpc) is 2.61. The molecule has 100 valence electrons. The Kier molecular flexibility index (Phi) is 3.99. The van der Waals surface area contributed by atoms with Crippen molar-refractivity contribution in [1.82, 2.24) is 4.31 Å². The summed E-state index contributed by atoms with van der Waals surface area (Å²) in [7, 11) is -7.60. The van der Waals surface area contributed by atoms with Crippen molar-refractivity contribution < 1.29 is 22.0 Å². The fourth-order valence-corrected chi connectivity index (χ4v) is 5.49. The number of oxime groups is 1. The predicted octanol–water partition coefficient (Wildman–Crippen LogP) is -1.47. The molecule has 8 nitrogen and oxygen atoms in total. The largest absolute Gasteiger partial charge is 0.409 e. The molecule has 10 heteroatoms. The van der Waals surface area contributed by atoms with Crippen molar-refractivity contribution in [3.8, 4) is 0 Å². The Morgan fingerprint density at radius 1 is 1.47 bits per heavy atom. The number of hydrogen-bond acceptors (Lipinski definition) is 6. The van der Waals surface area contributed by atoms with Gasteiger partial charge in [0.25, 0.3) is 0 Å². The Bertz CT molecular complexity index is 510. The first-order valence-corrected chi connectivity index (χ1v) is 8.49. The van der Waals surface area contributed by atoms with Crippen molar-refractivity contribution in [3.63, 3.8) is 0 Å². The summed E-state index contributed by atoms with van der Waals surface area (Å²) in [5.41, 5.74) is 5.37. The second kappa shape index (κ2) is 4.78. The van der Waals surface area contributed by atoms with Crippen LogP contribution in [-0.4, -0.2) is 56.1 Å². The number of amidine groups is 1. The highest BCUT2D eigenvalue weighted by atomic mass is 32.3. The number of nitrogens with zero attached hydrogens (tertiary/aromatic N) is 2. The quantitative estimate of drug-likeness (QED) is 0.281. The minimum absolute atomic E-state index is 0.179. The Morgan fingerprint density at radius 3 is 2.53 bits per heavy atom. The lowest BCUT2D eigenvalue weighted by Crippen LogP contribution is -2.45. The molecule has 0 aromatic carbocycles. The van der Waals surface area contributed by atoms with E-state index < -0.39 is 31.0 Å². The highest BCUT2D eigenvalue weighted by Crippen LogP contribution is 2.22. The van der Waals surface area contributed by atoms with Crippen molar-refractivity contribution in [3.05, 3.63) is 0 Å². The van der Waals surface area contributed by atoms with E-state index in [-0.39, 0.29) is 12.4 Å². The molecule has 3 N–H and O–H groups in total. The highest BCUT2D eigenvalue weighted by Gasteiger charge is 2.38. The number of sulfone groups is 1. The van der Waals surface area contributed by atoms with Gasteiger partial charge in [0, 0.05) is 12.8 Å². The van der Waals surface area contributed by atoms with E-state index in [1.807, 2.05) is 0 Å². The number of nitrogens with two attached hydrogens (primary N) is 1. The van der Waals surface area contributed by atoms with Crippen LogP contribution >= 0.6 is 0 Å². The molecular weight excluding hydrogens is 270 g/mol. The highest BCUT2D eigenvalue weighted by molar-refractivity contribution is 8.06. The van der Waals surface area contributed by atoms with E-state index in [0.29, 0.717) is 12.8 Å². The molecule has 0 aliphatic carbocycles. The minimum atomic E-state index is -3.95. The fourth-order valence-electron chi connectivity index (χ4n) is 1.77. The molecule has 1 atom stereocenters. The smallest absolute Gasteiger partial charge is 0.229 e. The molecule has 0 saturated carbocycles. The predicted molar refractivity (Wildman–Crippen MR) is 61.8 cm³/mol. The van der Waals surface area contributed by atoms with Gasteiger partial charge >= 0.3 is 0 Å². The summed E-state index contributed by atoms with van der Waals surface area (Å²) in [6, 6.07) is -0.758. The van der Waals surface area contributed by atoms with Gasteiger partial charge in [-0.1, -0.05) is 5.16 Å². The van der Waals surface area contributed by atoms with Crippen LogP contribution in [0.25, 0.3) is 0 Å². The van der Waals surface area contributed by atoms with Crippen LogP contribution in [0.2, 0.25) is 0 Å². The van der Waals surface area contributed by atoms with E-state index in [4.69, 9.17) is 10.9 Å². The topological polar surface area (TPSA) is 130 Å². The van der Waals surface area contributed by atoms with E-state index in [1.165, 1.54) is 0 Å². The standard InChI is InChI=1S/C7H15N3O5S2/c1-16(12,13)5-17(14,15)10-4-2-3-6(10)7(8)9-11/h6,11H,2-5H2,1H3,(H2,8,9). The third-order valence-corrected chi connectivity index (χ3v) is 6.44. The van der Waals surface area contributed by atoms with Crippen molar-refractivity contribution in [2.75, 3.05) is 17.9 Å². The second-order valence-electron chi connectivity index (χ2n) is 3.95. The molecule has 1 fully saturated rings.